The van der Waals surface area contributed by atoms with Crippen LogP contribution < -0.4 is 10.6 Å². The van der Waals surface area contributed by atoms with Gasteiger partial charge in [0.25, 0.3) is 5.91 Å². The van der Waals surface area contributed by atoms with Crippen LogP contribution in [0.25, 0.3) is 0 Å². The van der Waals surface area contributed by atoms with E-state index < -0.39 is 5.60 Å². The molecule has 0 atom stereocenters. The van der Waals surface area contributed by atoms with E-state index in [9.17, 15) is 9.90 Å². The fourth-order valence-electron chi connectivity index (χ4n) is 0.755. The van der Waals surface area contributed by atoms with Crippen LogP contribution >= 0.6 is 0 Å². The number of likely N-dealkylation sites (N-methyl/N-ethyl adjacent to an activating group) is 1. The number of hydrogen-bond acceptors (Lipinski definition) is 3. The second-order valence-corrected chi connectivity index (χ2v) is 2.21. The summed E-state index contributed by atoms with van der Waals surface area (Å²) in [4.78, 5) is 10.7. The van der Waals surface area contributed by atoms with E-state index in [0.29, 0.717) is 13.1 Å². The molecule has 52 valence electrons. The topological polar surface area (TPSA) is 61.4 Å². The monoisotopic (exact) mass is 130 g/mol. The SMILES string of the molecule is CNC(=O)C1(O)CNC1. The van der Waals surface area contributed by atoms with Gasteiger partial charge in [0.2, 0.25) is 0 Å². The third-order valence-electron chi connectivity index (χ3n) is 1.48. The predicted molar refractivity (Wildman–Crippen MR) is 31.9 cm³/mol. The van der Waals surface area contributed by atoms with Crippen LogP contribution in [0.1, 0.15) is 0 Å². The van der Waals surface area contributed by atoms with Gasteiger partial charge in [-0.1, -0.05) is 0 Å². The van der Waals surface area contributed by atoms with Crippen LogP contribution in [0.2, 0.25) is 0 Å². The molecule has 0 bridgehead atoms. The molecule has 0 saturated carbocycles. The van der Waals surface area contributed by atoms with Gasteiger partial charge < -0.3 is 15.7 Å². The Bertz CT molecular complexity index is 131. The fourth-order valence-corrected chi connectivity index (χ4v) is 0.755. The Hall–Kier alpha value is -0.610. The van der Waals surface area contributed by atoms with E-state index in [4.69, 9.17) is 0 Å². The maximum Gasteiger partial charge on any atom is 0.254 e. The number of carbonyl (C=O) groups is 1. The highest BCUT2D eigenvalue weighted by Crippen LogP contribution is 2.08. The van der Waals surface area contributed by atoms with Crippen molar-refractivity contribution in [2.24, 2.45) is 0 Å². The van der Waals surface area contributed by atoms with Crippen LogP contribution in [0.3, 0.4) is 0 Å². The molecule has 0 unspecified atom stereocenters. The number of carbonyl (C=O) groups excluding carboxylic acids is 1. The molecular weight excluding hydrogens is 120 g/mol. The number of nitrogens with one attached hydrogen (secondary N) is 2. The summed E-state index contributed by atoms with van der Waals surface area (Å²) in [7, 11) is 1.51. The van der Waals surface area contributed by atoms with Gasteiger partial charge in [0.05, 0.1) is 0 Å². The number of aliphatic hydroxyl groups is 1. The van der Waals surface area contributed by atoms with Gasteiger partial charge in [-0.15, -0.1) is 0 Å². The molecular formula is C5H10N2O2. The van der Waals surface area contributed by atoms with Gasteiger partial charge in [-0.3, -0.25) is 4.79 Å². The minimum absolute atomic E-state index is 0.304. The first-order valence-electron chi connectivity index (χ1n) is 2.84. The van der Waals surface area contributed by atoms with Crippen LogP contribution in [0, 0.1) is 0 Å². The van der Waals surface area contributed by atoms with Crippen molar-refractivity contribution in [2.75, 3.05) is 20.1 Å². The number of β-amino-alcohol motifs (C(OH)–C–C–N with tert-alkyl or cyclic N) is 1. The highest BCUT2D eigenvalue weighted by atomic mass is 16.3. The van der Waals surface area contributed by atoms with Crippen LogP contribution in [0.5, 0.6) is 0 Å². The third-order valence-corrected chi connectivity index (χ3v) is 1.48. The maximum absolute atomic E-state index is 10.7. The van der Waals surface area contributed by atoms with Crippen LogP contribution in [0.4, 0.5) is 0 Å². The Balaban J connectivity index is 2.49. The van der Waals surface area contributed by atoms with Gasteiger partial charge in [0.15, 0.2) is 5.60 Å². The number of rotatable bonds is 1. The first-order valence-corrected chi connectivity index (χ1v) is 2.84. The van der Waals surface area contributed by atoms with Crippen molar-refractivity contribution < 1.29 is 9.90 Å². The smallest absolute Gasteiger partial charge is 0.254 e. The van der Waals surface area contributed by atoms with Gasteiger partial charge in [0, 0.05) is 20.1 Å². The quantitative estimate of drug-likeness (QED) is 0.387. The summed E-state index contributed by atoms with van der Waals surface area (Å²) in [5, 5.41) is 14.4. The Labute approximate surface area is 53.2 Å². The van der Waals surface area contributed by atoms with Crippen molar-refractivity contribution in [1.82, 2.24) is 10.6 Å². The summed E-state index contributed by atoms with van der Waals surface area (Å²) in [5.41, 5.74) is -1.13. The largest absolute Gasteiger partial charge is 0.377 e. The number of hydrogen-bond donors (Lipinski definition) is 3. The van der Waals surface area contributed by atoms with E-state index in [1.54, 1.807) is 0 Å². The highest BCUT2D eigenvalue weighted by Gasteiger charge is 2.41. The van der Waals surface area contributed by atoms with Gasteiger partial charge >= 0.3 is 0 Å². The standard InChI is InChI=1S/C5H10N2O2/c1-6-4(8)5(9)2-7-3-5/h7,9H,2-3H2,1H3,(H,6,8). The van der Waals surface area contributed by atoms with Crippen molar-refractivity contribution in [1.29, 1.82) is 0 Å². The van der Waals surface area contributed by atoms with Crippen molar-refractivity contribution >= 4 is 5.91 Å². The Morgan fingerprint density at radius 3 is 2.44 bits per heavy atom. The Morgan fingerprint density at radius 1 is 1.78 bits per heavy atom. The molecule has 3 N–H and O–H groups in total. The van der Waals surface area contributed by atoms with E-state index in [1.807, 2.05) is 0 Å². The molecule has 1 saturated heterocycles. The lowest BCUT2D eigenvalue weighted by molar-refractivity contribution is -0.144. The Morgan fingerprint density at radius 2 is 2.33 bits per heavy atom. The molecule has 1 heterocycles. The number of amides is 1. The normalized spacial score (nSPS) is 22.4. The second-order valence-electron chi connectivity index (χ2n) is 2.21. The van der Waals surface area contributed by atoms with Crippen LogP contribution in [-0.4, -0.2) is 36.8 Å². The summed E-state index contributed by atoms with van der Waals surface area (Å²) in [6.45, 7) is 0.735. The zero-order chi connectivity index (χ0) is 6.91. The van der Waals surface area contributed by atoms with Gasteiger partial charge in [-0.25, -0.2) is 0 Å². The average molecular weight is 130 g/mol. The molecule has 0 spiro atoms. The molecule has 0 aromatic heterocycles. The Kier molecular flexibility index (Phi) is 1.42. The third kappa shape index (κ3) is 0.906. The minimum Gasteiger partial charge on any atom is -0.377 e. The molecule has 1 amide bonds. The lowest BCUT2D eigenvalue weighted by Gasteiger charge is -2.35. The van der Waals surface area contributed by atoms with Crippen LogP contribution in [0.15, 0.2) is 0 Å². The summed E-state index contributed by atoms with van der Waals surface area (Å²) in [6.07, 6.45) is 0. The predicted octanol–water partition coefficient (Wildman–Crippen LogP) is -1.93. The lowest BCUT2D eigenvalue weighted by atomic mass is 9.96. The molecule has 0 aromatic rings. The first kappa shape index (κ1) is 6.51. The van der Waals surface area contributed by atoms with Gasteiger partial charge in [-0.2, -0.15) is 0 Å². The van der Waals surface area contributed by atoms with E-state index >= 15 is 0 Å². The minimum atomic E-state index is -1.13. The molecule has 0 aliphatic carbocycles. The zero-order valence-electron chi connectivity index (χ0n) is 5.27. The molecule has 1 rings (SSSR count). The van der Waals surface area contributed by atoms with Gasteiger partial charge in [0.1, 0.15) is 0 Å². The molecule has 1 fully saturated rings. The average Bonchev–Trinajstić information content (AvgIpc) is 1.81. The van der Waals surface area contributed by atoms with Crippen molar-refractivity contribution in [3.8, 4) is 0 Å². The van der Waals surface area contributed by atoms with Crippen molar-refractivity contribution in [3.63, 3.8) is 0 Å². The van der Waals surface area contributed by atoms with E-state index in [1.165, 1.54) is 7.05 Å². The van der Waals surface area contributed by atoms with Crippen molar-refractivity contribution in [2.45, 2.75) is 5.60 Å². The molecule has 1 aliphatic heterocycles. The van der Waals surface area contributed by atoms with E-state index in [0.717, 1.165) is 0 Å². The van der Waals surface area contributed by atoms with Crippen LogP contribution in [-0.2, 0) is 4.79 Å². The second kappa shape index (κ2) is 1.97. The van der Waals surface area contributed by atoms with E-state index in [2.05, 4.69) is 10.6 Å². The summed E-state index contributed by atoms with van der Waals surface area (Å²) in [5.74, 6) is -0.304. The summed E-state index contributed by atoms with van der Waals surface area (Å²) in [6, 6.07) is 0. The maximum atomic E-state index is 10.7. The molecule has 4 nitrogen and oxygen atoms in total. The molecule has 1 aliphatic rings. The highest BCUT2D eigenvalue weighted by molar-refractivity contribution is 5.86. The van der Waals surface area contributed by atoms with Gasteiger partial charge in [-0.05, 0) is 0 Å². The summed E-state index contributed by atoms with van der Waals surface area (Å²) < 4.78 is 0. The first-order chi connectivity index (χ1) is 4.19. The van der Waals surface area contributed by atoms with E-state index in [-0.39, 0.29) is 5.91 Å². The lowest BCUT2D eigenvalue weighted by Crippen LogP contribution is -2.66. The zero-order valence-corrected chi connectivity index (χ0v) is 5.27. The fraction of sp³-hybridized carbons (Fsp3) is 0.800. The molecule has 4 heteroatoms. The molecule has 0 radical (unpaired) electrons. The summed E-state index contributed by atoms with van der Waals surface area (Å²) >= 11 is 0. The molecule has 9 heavy (non-hydrogen) atoms. The molecule has 0 aromatic carbocycles. The van der Waals surface area contributed by atoms with Crippen molar-refractivity contribution in [3.05, 3.63) is 0 Å².